The highest BCUT2D eigenvalue weighted by Gasteiger charge is 2.37. The standard InChI is InChI=1S/C21H28N2O7S/c1-28-17-11-14(6-9-19(24)29-2)12-18(20(17)30-3)31(26,27)23-10-4-5-15(13-23)21(25)22-16-7-8-16/h6,9,11-12,15-16H,4-5,7-8,10,13H2,1-3H3,(H,22,25)/b9-6+. The number of amides is 1. The number of benzene rings is 1. The number of hydrogen-bond donors (Lipinski definition) is 1. The molecule has 1 atom stereocenters. The minimum Gasteiger partial charge on any atom is -0.493 e. The summed E-state index contributed by atoms with van der Waals surface area (Å²) in [6.07, 6.45) is 5.81. The second kappa shape index (κ2) is 9.69. The van der Waals surface area contributed by atoms with Gasteiger partial charge in [-0.3, -0.25) is 4.79 Å². The Bertz CT molecular complexity index is 970. The van der Waals surface area contributed by atoms with Crippen molar-refractivity contribution in [2.75, 3.05) is 34.4 Å². The summed E-state index contributed by atoms with van der Waals surface area (Å²) >= 11 is 0. The van der Waals surface area contributed by atoms with E-state index >= 15 is 0 Å². The zero-order valence-corrected chi connectivity index (χ0v) is 18.7. The molecular weight excluding hydrogens is 424 g/mol. The third-order valence-electron chi connectivity index (χ3n) is 5.38. The summed E-state index contributed by atoms with van der Waals surface area (Å²) in [7, 11) is 0.0362. The van der Waals surface area contributed by atoms with Crippen molar-refractivity contribution in [1.82, 2.24) is 9.62 Å². The molecule has 1 saturated carbocycles. The van der Waals surface area contributed by atoms with Crippen LogP contribution in [0, 0.1) is 5.92 Å². The average Bonchev–Trinajstić information content (AvgIpc) is 3.60. The van der Waals surface area contributed by atoms with Crippen LogP contribution in [0.1, 0.15) is 31.2 Å². The number of nitrogens with zero attached hydrogens (tertiary/aromatic N) is 1. The van der Waals surface area contributed by atoms with E-state index in [0.717, 1.165) is 12.8 Å². The molecule has 31 heavy (non-hydrogen) atoms. The van der Waals surface area contributed by atoms with Gasteiger partial charge in [0.1, 0.15) is 4.90 Å². The van der Waals surface area contributed by atoms with Gasteiger partial charge in [-0.05, 0) is 49.5 Å². The molecule has 10 heteroatoms. The molecule has 9 nitrogen and oxygen atoms in total. The number of nitrogens with one attached hydrogen (secondary N) is 1. The summed E-state index contributed by atoms with van der Waals surface area (Å²) in [4.78, 5) is 23.8. The second-order valence-corrected chi connectivity index (χ2v) is 9.50. The highest BCUT2D eigenvalue weighted by atomic mass is 32.2. The maximum Gasteiger partial charge on any atom is 0.330 e. The van der Waals surface area contributed by atoms with Crippen LogP contribution in [0.5, 0.6) is 11.5 Å². The molecule has 1 amide bonds. The maximum atomic E-state index is 13.5. The summed E-state index contributed by atoms with van der Waals surface area (Å²) in [5.74, 6) is -0.767. The van der Waals surface area contributed by atoms with Gasteiger partial charge in [-0.25, -0.2) is 13.2 Å². The van der Waals surface area contributed by atoms with Gasteiger partial charge in [-0.2, -0.15) is 4.31 Å². The lowest BCUT2D eigenvalue weighted by molar-refractivity contribution is -0.134. The van der Waals surface area contributed by atoms with Gasteiger partial charge >= 0.3 is 5.97 Å². The lowest BCUT2D eigenvalue weighted by Crippen LogP contribution is -2.45. The number of ether oxygens (including phenoxy) is 3. The van der Waals surface area contributed by atoms with Crippen LogP contribution in [-0.4, -0.2) is 65.1 Å². The Labute approximate surface area is 182 Å². The SMILES string of the molecule is COC(=O)/C=C/c1cc(OC)c(OC)c(S(=O)(=O)N2CCCC(C(=O)NC3CC3)C2)c1. The summed E-state index contributed by atoms with van der Waals surface area (Å²) in [5, 5.41) is 2.96. The Balaban J connectivity index is 1.93. The van der Waals surface area contributed by atoms with Gasteiger partial charge in [0.05, 0.1) is 27.2 Å². The summed E-state index contributed by atoms with van der Waals surface area (Å²) in [5.41, 5.74) is 0.432. The van der Waals surface area contributed by atoms with Crippen LogP contribution in [0.4, 0.5) is 0 Å². The van der Waals surface area contributed by atoms with Crippen molar-refractivity contribution in [3.63, 3.8) is 0 Å². The number of esters is 1. The minimum atomic E-state index is -3.99. The lowest BCUT2D eigenvalue weighted by Gasteiger charge is -2.31. The first-order valence-corrected chi connectivity index (χ1v) is 11.6. The fraction of sp³-hybridized carbons (Fsp3) is 0.524. The Hall–Kier alpha value is -2.59. The van der Waals surface area contributed by atoms with Gasteiger partial charge < -0.3 is 19.5 Å². The van der Waals surface area contributed by atoms with Crippen molar-refractivity contribution in [2.24, 2.45) is 5.92 Å². The highest BCUT2D eigenvalue weighted by Crippen LogP contribution is 2.38. The summed E-state index contributed by atoms with van der Waals surface area (Å²) in [6.45, 7) is 0.415. The smallest absolute Gasteiger partial charge is 0.330 e. The molecule has 1 N–H and O–H groups in total. The molecular formula is C21H28N2O7S. The molecule has 170 valence electrons. The molecule has 0 aromatic heterocycles. The van der Waals surface area contributed by atoms with E-state index in [2.05, 4.69) is 10.1 Å². The molecule has 1 saturated heterocycles. The van der Waals surface area contributed by atoms with E-state index in [0.29, 0.717) is 24.9 Å². The topological polar surface area (TPSA) is 111 Å². The second-order valence-electron chi connectivity index (χ2n) is 7.60. The molecule has 1 aromatic rings. The normalized spacial score (nSPS) is 19.8. The highest BCUT2D eigenvalue weighted by molar-refractivity contribution is 7.89. The predicted molar refractivity (Wildman–Crippen MR) is 113 cm³/mol. The lowest BCUT2D eigenvalue weighted by atomic mass is 9.99. The van der Waals surface area contributed by atoms with E-state index in [-0.39, 0.29) is 40.8 Å². The van der Waals surface area contributed by atoms with Crippen LogP contribution in [0.25, 0.3) is 6.08 Å². The van der Waals surface area contributed by atoms with Crippen LogP contribution in [0.2, 0.25) is 0 Å². The Morgan fingerprint density at radius 3 is 2.48 bits per heavy atom. The fourth-order valence-corrected chi connectivity index (χ4v) is 5.26. The first kappa shape index (κ1) is 23.1. The first-order valence-electron chi connectivity index (χ1n) is 10.1. The van der Waals surface area contributed by atoms with E-state index < -0.39 is 16.0 Å². The maximum absolute atomic E-state index is 13.5. The van der Waals surface area contributed by atoms with Gasteiger partial charge in [-0.15, -0.1) is 0 Å². The Morgan fingerprint density at radius 2 is 1.87 bits per heavy atom. The zero-order chi connectivity index (χ0) is 22.6. The largest absolute Gasteiger partial charge is 0.493 e. The van der Waals surface area contributed by atoms with E-state index in [1.54, 1.807) is 6.07 Å². The Kier molecular flexibility index (Phi) is 7.22. The van der Waals surface area contributed by atoms with Gasteiger partial charge in [0, 0.05) is 25.2 Å². The van der Waals surface area contributed by atoms with Crippen LogP contribution >= 0.6 is 0 Å². The van der Waals surface area contributed by atoms with Gasteiger partial charge in [0.25, 0.3) is 0 Å². The van der Waals surface area contributed by atoms with Crippen molar-refractivity contribution in [3.8, 4) is 11.5 Å². The number of rotatable bonds is 8. The number of carbonyl (C=O) groups excluding carboxylic acids is 2. The third kappa shape index (κ3) is 5.37. The first-order chi connectivity index (χ1) is 14.8. The molecule has 1 aromatic carbocycles. The van der Waals surface area contributed by atoms with Gasteiger partial charge in [0.2, 0.25) is 15.9 Å². The van der Waals surface area contributed by atoms with Gasteiger partial charge in [-0.1, -0.05) is 0 Å². The number of methoxy groups -OCH3 is 3. The quantitative estimate of drug-likeness (QED) is 0.471. The van der Waals surface area contributed by atoms with Crippen molar-refractivity contribution < 1.29 is 32.2 Å². The molecule has 0 radical (unpaired) electrons. The predicted octanol–water partition coefficient (Wildman–Crippen LogP) is 1.57. The molecule has 1 aliphatic carbocycles. The monoisotopic (exact) mass is 452 g/mol. The van der Waals surface area contributed by atoms with Crippen LogP contribution in [0.3, 0.4) is 0 Å². The van der Waals surface area contributed by atoms with Crippen molar-refractivity contribution >= 4 is 28.0 Å². The van der Waals surface area contributed by atoms with Crippen LogP contribution in [-0.2, 0) is 24.3 Å². The molecule has 1 heterocycles. The van der Waals surface area contributed by atoms with Crippen LogP contribution < -0.4 is 14.8 Å². The zero-order valence-electron chi connectivity index (χ0n) is 17.9. The van der Waals surface area contributed by atoms with E-state index in [4.69, 9.17) is 9.47 Å². The Morgan fingerprint density at radius 1 is 1.13 bits per heavy atom. The molecule has 1 aliphatic heterocycles. The number of sulfonamides is 1. The molecule has 3 rings (SSSR count). The number of carbonyl (C=O) groups is 2. The average molecular weight is 453 g/mol. The summed E-state index contributed by atoms with van der Waals surface area (Å²) in [6, 6.07) is 3.21. The fourth-order valence-electron chi connectivity index (χ4n) is 3.53. The number of piperidine rings is 1. The minimum absolute atomic E-state index is 0.0715. The van der Waals surface area contributed by atoms with Gasteiger partial charge in [0.15, 0.2) is 11.5 Å². The van der Waals surface area contributed by atoms with E-state index in [1.165, 1.54) is 43.9 Å². The molecule has 1 unspecified atom stereocenters. The van der Waals surface area contributed by atoms with Crippen molar-refractivity contribution in [1.29, 1.82) is 0 Å². The van der Waals surface area contributed by atoms with Crippen molar-refractivity contribution in [2.45, 2.75) is 36.6 Å². The molecule has 0 bridgehead atoms. The number of hydrogen-bond acceptors (Lipinski definition) is 7. The molecule has 0 spiro atoms. The molecule has 2 aliphatic rings. The van der Waals surface area contributed by atoms with E-state index in [9.17, 15) is 18.0 Å². The van der Waals surface area contributed by atoms with E-state index in [1.807, 2.05) is 0 Å². The third-order valence-corrected chi connectivity index (χ3v) is 7.25. The molecule has 2 fully saturated rings. The van der Waals surface area contributed by atoms with Crippen molar-refractivity contribution in [3.05, 3.63) is 23.8 Å². The van der Waals surface area contributed by atoms with Crippen LogP contribution in [0.15, 0.2) is 23.1 Å². The summed E-state index contributed by atoms with van der Waals surface area (Å²) < 4.78 is 43.6.